The summed E-state index contributed by atoms with van der Waals surface area (Å²) in [5.74, 6) is 1.93. The van der Waals surface area contributed by atoms with Crippen molar-refractivity contribution in [3.8, 4) is 11.5 Å². The van der Waals surface area contributed by atoms with E-state index in [1.54, 1.807) is 15.6 Å². The number of benzene rings is 2. The van der Waals surface area contributed by atoms with Crippen molar-refractivity contribution in [2.75, 3.05) is 55.9 Å². The molecule has 1 atom stereocenters. The van der Waals surface area contributed by atoms with Crippen LogP contribution in [0.25, 0.3) is 0 Å². The van der Waals surface area contributed by atoms with Crippen molar-refractivity contribution in [1.82, 2.24) is 19.7 Å². The molecular weight excluding hydrogens is 568 g/mol. The molecule has 1 unspecified atom stereocenters. The van der Waals surface area contributed by atoms with Crippen molar-refractivity contribution in [1.29, 1.82) is 0 Å². The molecule has 1 saturated heterocycles. The van der Waals surface area contributed by atoms with Gasteiger partial charge in [0.1, 0.15) is 6.04 Å². The molecule has 0 aliphatic carbocycles. The number of nitrogens with one attached hydrogen (secondary N) is 2. The minimum atomic E-state index is -0.594. The molecule has 5 rings (SSSR count). The molecule has 0 radical (unpaired) electrons. The lowest BCUT2D eigenvalue weighted by atomic mass is 9.94. The summed E-state index contributed by atoms with van der Waals surface area (Å²) >= 11 is 1.53. The topological polar surface area (TPSA) is 120 Å². The second-order valence-corrected chi connectivity index (χ2v) is 11.5. The van der Waals surface area contributed by atoms with Crippen LogP contribution in [0.2, 0.25) is 0 Å². The molecule has 2 aromatic carbocycles. The molecule has 12 heteroatoms. The number of carbonyl (C=O) groups excluding carboxylic acids is 2. The van der Waals surface area contributed by atoms with E-state index in [2.05, 4.69) is 15.6 Å². The second-order valence-electron chi connectivity index (χ2n) is 10.3. The van der Waals surface area contributed by atoms with Gasteiger partial charge in [0.2, 0.25) is 11.1 Å². The van der Waals surface area contributed by atoms with E-state index >= 15 is 0 Å². The number of thioether (sulfide) groups is 1. The van der Waals surface area contributed by atoms with Crippen LogP contribution in [0.15, 0.2) is 52.8 Å². The fraction of sp³-hybridized carbons (Fsp3) is 0.419. The highest BCUT2D eigenvalue weighted by Gasteiger charge is 2.35. The summed E-state index contributed by atoms with van der Waals surface area (Å²) in [5, 5.41) is 11.8. The number of aryl methyl sites for hydroxylation is 1. The van der Waals surface area contributed by atoms with E-state index in [0.29, 0.717) is 66.8 Å². The highest BCUT2D eigenvalue weighted by atomic mass is 32.2. The molecule has 11 nitrogen and oxygen atoms in total. The number of hydrogen-bond donors (Lipinski definition) is 2. The van der Waals surface area contributed by atoms with Crippen LogP contribution in [0.4, 0.5) is 11.6 Å². The number of fused-ring (bicyclic) bond motifs is 1. The average Bonchev–Trinajstić information content (AvgIpc) is 3.40. The van der Waals surface area contributed by atoms with Gasteiger partial charge in [0, 0.05) is 24.5 Å². The first-order chi connectivity index (χ1) is 20.8. The number of nitrogens with zero attached hydrogens (tertiary/aromatic N) is 4. The lowest BCUT2D eigenvalue weighted by Crippen LogP contribution is -2.43. The molecule has 0 saturated carbocycles. The summed E-state index contributed by atoms with van der Waals surface area (Å²) in [6, 6.07) is 10.8. The van der Waals surface area contributed by atoms with Gasteiger partial charge in [-0.3, -0.25) is 9.59 Å². The lowest BCUT2D eigenvalue weighted by molar-refractivity contribution is -0.137. The molecule has 228 valence electrons. The van der Waals surface area contributed by atoms with Gasteiger partial charge < -0.3 is 29.7 Å². The molecule has 43 heavy (non-hydrogen) atoms. The summed E-state index contributed by atoms with van der Waals surface area (Å²) in [4.78, 5) is 33.1. The van der Waals surface area contributed by atoms with Crippen LogP contribution in [-0.2, 0) is 14.3 Å². The fourth-order valence-electron chi connectivity index (χ4n) is 5.13. The van der Waals surface area contributed by atoms with Crippen LogP contribution in [0.1, 0.15) is 43.5 Å². The molecule has 1 aromatic heterocycles. The quantitative estimate of drug-likeness (QED) is 0.320. The Kier molecular flexibility index (Phi) is 9.56. The Morgan fingerprint density at radius 3 is 2.63 bits per heavy atom. The van der Waals surface area contributed by atoms with Crippen LogP contribution in [-0.4, -0.2) is 76.7 Å². The standard InChI is InChI=1S/C31H38N6O5S/c1-6-41-25-17-22(11-12-24(25)42-18-26(38)36-13-15-40-16-14-36)28-27(29(39)33-23-10-8-9-19(3)20(23)4)21(5)32-30-34-31(43-7-2)35-37(28)30/h8-12,17,28H,6-7,13-16,18H2,1-5H3,(H,33,39)(H,32,34,35). The zero-order chi connectivity index (χ0) is 30.5. The summed E-state index contributed by atoms with van der Waals surface area (Å²) in [5.41, 5.74) is 4.79. The first-order valence-electron chi connectivity index (χ1n) is 14.5. The third kappa shape index (κ3) is 6.65. The van der Waals surface area contributed by atoms with Gasteiger partial charge in [-0.25, -0.2) is 4.68 Å². The molecule has 2 aliphatic heterocycles. The maximum Gasteiger partial charge on any atom is 0.260 e. The predicted octanol–water partition coefficient (Wildman–Crippen LogP) is 4.57. The molecule has 2 aliphatic rings. The Bertz CT molecular complexity index is 1530. The SMILES string of the molecule is CCOc1cc(C2C(C(=O)Nc3cccc(C)c3C)=C(C)Nc3nc(SCC)nn32)ccc1OCC(=O)N1CCOCC1. The fourth-order valence-corrected chi connectivity index (χ4v) is 5.68. The number of morpholine rings is 1. The maximum atomic E-state index is 14.0. The minimum absolute atomic E-state index is 0.106. The Hall–Kier alpha value is -4.03. The molecule has 1 fully saturated rings. The van der Waals surface area contributed by atoms with Crippen LogP contribution in [0.3, 0.4) is 0 Å². The number of anilines is 2. The Balaban J connectivity index is 1.49. The number of allylic oxidation sites excluding steroid dienone is 1. The number of ether oxygens (including phenoxy) is 3. The van der Waals surface area contributed by atoms with E-state index in [0.717, 1.165) is 28.1 Å². The number of rotatable bonds is 10. The van der Waals surface area contributed by atoms with E-state index in [1.165, 1.54) is 11.8 Å². The monoisotopic (exact) mass is 606 g/mol. The molecule has 0 bridgehead atoms. The first kappa shape index (κ1) is 30.4. The smallest absolute Gasteiger partial charge is 0.260 e. The largest absolute Gasteiger partial charge is 0.490 e. The van der Waals surface area contributed by atoms with Gasteiger partial charge in [-0.05, 0) is 68.3 Å². The highest BCUT2D eigenvalue weighted by molar-refractivity contribution is 7.99. The Morgan fingerprint density at radius 1 is 1.09 bits per heavy atom. The van der Waals surface area contributed by atoms with Gasteiger partial charge in [-0.1, -0.05) is 36.9 Å². The maximum absolute atomic E-state index is 14.0. The van der Waals surface area contributed by atoms with Gasteiger partial charge in [0.25, 0.3) is 11.8 Å². The van der Waals surface area contributed by atoms with Crippen molar-refractivity contribution in [2.24, 2.45) is 0 Å². The first-order valence-corrected chi connectivity index (χ1v) is 15.5. The van der Waals surface area contributed by atoms with Crippen LogP contribution >= 0.6 is 11.8 Å². The third-order valence-electron chi connectivity index (χ3n) is 7.50. The van der Waals surface area contributed by atoms with Gasteiger partial charge in [-0.2, -0.15) is 4.98 Å². The van der Waals surface area contributed by atoms with E-state index < -0.39 is 6.04 Å². The molecule has 3 heterocycles. The molecule has 2 N–H and O–H groups in total. The van der Waals surface area contributed by atoms with E-state index in [4.69, 9.17) is 19.3 Å². The van der Waals surface area contributed by atoms with Crippen molar-refractivity contribution < 1.29 is 23.8 Å². The van der Waals surface area contributed by atoms with Gasteiger partial charge in [-0.15, -0.1) is 5.10 Å². The normalized spacial score (nSPS) is 16.4. The second kappa shape index (κ2) is 13.5. The van der Waals surface area contributed by atoms with Gasteiger partial charge in [0.05, 0.1) is 25.4 Å². The van der Waals surface area contributed by atoms with Crippen molar-refractivity contribution in [3.05, 3.63) is 64.4 Å². The predicted molar refractivity (Wildman–Crippen MR) is 166 cm³/mol. The number of hydrogen-bond acceptors (Lipinski definition) is 9. The summed E-state index contributed by atoms with van der Waals surface area (Å²) < 4.78 is 19.0. The average molecular weight is 607 g/mol. The number of amides is 2. The van der Waals surface area contributed by atoms with E-state index in [9.17, 15) is 9.59 Å². The third-order valence-corrected chi connectivity index (χ3v) is 8.22. The Labute approximate surface area is 256 Å². The highest BCUT2D eigenvalue weighted by Crippen LogP contribution is 2.40. The molecule has 0 spiro atoms. The zero-order valence-electron chi connectivity index (χ0n) is 25.2. The lowest BCUT2D eigenvalue weighted by Gasteiger charge is -2.29. The number of carbonyl (C=O) groups is 2. The van der Waals surface area contributed by atoms with Crippen molar-refractivity contribution in [3.63, 3.8) is 0 Å². The molecule has 2 amide bonds. The molecule has 3 aromatic rings. The summed E-state index contributed by atoms with van der Waals surface area (Å²) in [6.45, 7) is 12.2. The Morgan fingerprint density at radius 2 is 1.88 bits per heavy atom. The van der Waals surface area contributed by atoms with E-state index in [-0.39, 0.29) is 18.4 Å². The number of aromatic nitrogens is 3. The van der Waals surface area contributed by atoms with Crippen molar-refractivity contribution in [2.45, 2.75) is 45.8 Å². The van der Waals surface area contributed by atoms with Crippen LogP contribution < -0.4 is 20.1 Å². The van der Waals surface area contributed by atoms with Crippen LogP contribution in [0, 0.1) is 13.8 Å². The summed E-state index contributed by atoms with van der Waals surface area (Å²) in [6.07, 6.45) is 0. The zero-order valence-corrected chi connectivity index (χ0v) is 26.0. The van der Waals surface area contributed by atoms with Gasteiger partial charge in [0.15, 0.2) is 18.1 Å². The summed E-state index contributed by atoms with van der Waals surface area (Å²) in [7, 11) is 0. The van der Waals surface area contributed by atoms with E-state index in [1.807, 2.05) is 65.0 Å². The minimum Gasteiger partial charge on any atom is -0.490 e. The molecular formula is C31H38N6O5S. The van der Waals surface area contributed by atoms with Crippen LogP contribution in [0.5, 0.6) is 11.5 Å². The van der Waals surface area contributed by atoms with Crippen molar-refractivity contribution >= 4 is 35.2 Å². The van der Waals surface area contributed by atoms with Gasteiger partial charge >= 0.3 is 0 Å².